The van der Waals surface area contributed by atoms with Crippen molar-refractivity contribution < 1.29 is 13.2 Å². The summed E-state index contributed by atoms with van der Waals surface area (Å²) in [6.45, 7) is 0. The highest BCUT2D eigenvalue weighted by molar-refractivity contribution is 7.90. The number of hydrogen-bond donors (Lipinski definition) is 1. The van der Waals surface area contributed by atoms with Gasteiger partial charge in [-0.2, -0.15) is 0 Å². The Morgan fingerprint density at radius 3 is 2.08 bits per heavy atom. The molecule has 0 aliphatic heterocycles. The third kappa shape index (κ3) is 4.07. The molecule has 1 amide bonds. The van der Waals surface area contributed by atoms with Gasteiger partial charge in [0.15, 0.2) is 15.7 Å². The number of benzene rings is 2. The lowest BCUT2D eigenvalue weighted by molar-refractivity contribution is 0.102. The van der Waals surface area contributed by atoms with Crippen LogP contribution in [0.1, 0.15) is 10.4 Å². The zero-order valence-electron chi connectivity index (χ0n) is 13.4. The standard InChI is InChI=1S/C18H15N3O3S/c1-25(23,24)16-9-7-15(8-10-16)21-18(22)14-11-19-17(20-12-14)13-5-3-2-4-6-13/h2-12H,1H3,(H,21,22). The Balaban J connectivity index is 1.73. The molecule has 1 aromatic heterocycles. The number of nitrogens with zero attached hydrogens (tertiary/aromatic N) is 2. The molecular weight excluding hydrogens is 338 g/mol. The summed E-state index contributed by atoms with van der Waals surface area (Å²) in [7, 11) is -3.26. The number of sulfone groups is 1. The van der Waals surface area contributed by atoms with E-state index in [-0.39, 0.29) is 10.8 Å². The van der Waals surface area contributed by atoms with Gasteiger partial charge >= 0.3 is 0 Å². The Hall–Kier alpha value is -3.06. The van der Waals surface area contributed by atoms with Crippen LogP contribution in [0.3, 0.4) is 0 Å². The molecule has 7 heteroatoms. The summed E-state index contributed by atoms with van der Waals surface area (Å²) < 4.78 is 22.9. The van der Waals surface area contributed by atoms with E-state index in [4.69, 9.17) is 0 Å². The Morgan fingerprint density at radius 2 is 1.52 bits per heavy atom. The van der Waals surface area contributed by atoms with Gasteiger partial charge in [0.2, 0.25) is 0 Å². The van der Waals surface area contributed by atoms with Crippen molar-refractivity contribution in [3.05, 3.63) is 72.6 Å². The van der Waals surface area contributed by atoms with E-state index >= 15 is 0 Å². The number of rotatable bonds is 4. The molecule has 6 nitrogen and oxygen atoms in total. The molecule has 2 aromatic carbocycles. The zero-order valence-corrected chi connectivity index (χ0v) is 14.2. The van der Waals surface area contributed by atoms with E-state index in [9.17, 15) is 13.2 Å². The van der Waals surface area contributed by atoms with Crippen LogP contribution in [0.4, 0.5) is 5.69 Å². The Kier molecular flexibility index (Phi) is 4.58. The molecule has 0 unspecified atom stereocenters. The Labute approximate surface area is 145 Å². The molecule has 1 N–H and O–H groups in total. The maximum atomic E-state index is 12.2. The van der Waals surface area contributed by atoms with Crippen molar-refractivity contribution in [3.8, 4) is 11.4 Å². The van der Waals surface area contributed by atoms with E-state index in [1.807, 2.05) is 30.3 Å². The van der Waals surface area contributed by atoms with Crippen LogP contribution in [0.25, 0.3) is 11.4 Å². The molecule has 0 bridgehead atoms. The van der Waals surface area contributed by atoms with Crippen LogP contribution < -0.4 is 5.32 Å². The lowest BCUT2D eigenvalue weighted by Gasteiger charge is -2.06. The predicted octanol–water partition coefficient (Wildman–Crippen LogP) is 2.80. The van der Waals surface area contributed by atoms with E-state index in [1.165, 1.54) is 36.7 Å². The van der Waals surface area contributed by atoms with Crippen molar-refractivity contribution in [2.75, 3.05) is 11.6 Å². The second-order valence-corrected chi connectivity index (χ2v) is 7.43. The van der Waals surface area contributed by atoms with Crippen LogP contribution in [-0.2, 0) is 9.84 Å². The van der Waals surface area contributed by atoms with Gasteiger partial charge in [0, 0.05) is 29.9 Å². The first kappa shape index (κ1) is 16.8. The molecule has 0 atom stereocenters. The summed E-state index contributed by atoms with van der Waals surface area (Å²) in [5.74, 6) is 0.168. The van der Waals surface area contributed by atoms with E-state index in [0.717, 1.165) is 11.8 Å². The largest absolute Gasteiger partial charge is 0.322 e. The molecule has 0 saturated heterocycles. The molecule has 0 radical (unpaired) electrons. The number of nitrogens with one attached hydrogen (secondary N) is 1. The zero-order chi connectivity index (χ0) is 17.9. The number of aromatic nitrogens is 2. The van der Waals surface area contributed by atoms with Gasteiger partial charge in [-0.1, -0.05) is 30.3 Å². The van der Waals surface area contributed by atoms with E-state index in [2.05, 4.69) is 15.3 Å². The Morgan fingerprint density at radius 1 is 0.920 bits per heavy atom. The van der Waals surface area contributed by atoms with Crippen molar-refractivity contribution >= 4 is 21.4 Å². The fourth-order valence-electron chi connectivity index (χ4n) is 2.17. The molecule has 0 aliphatic rings. The SMILES string of the molecule is CS(=O)(=O)c1ccc(NC(=O)c2cnc(-c3ccccc3)nc2)cc1. The van der Waals surface area contributed by atoms with E-state index in [1.54, 1.807) is 0 Å². The average molecular weight is 353 g/mol. The molecular formula is C18H15N3O3S. The monoisotopic (exact) mass is 353 g/mol. The number of carbonyl (C=O) groups excluding carboxylic acids is 1. The summed E-state index contributed by atoms with van der Waals surface area (Å²) in [5.41, 5.74) is 1.67. The predicted molar refractivity (Wildman–Crippen MR) is 95.0 cm³/mol. The quantitative estimate of drug-likeness (QED) is 0.779. The normalized spacial score (nSPS) is 11.1. The molecule has 0 spiro atoms. The summed E-state index contributed by atoms with van der Waals surface area (Å²) in [6, 6.07) is 15.4. The number of anilines is 1. The fraction of sp³-hybridized carbons (Fsp3) is 0.0556. The van der Waals surface area contributed by atoms with Crippen LogP contribution in [0, 0.1) is 0 Å². The topological polar surface area (TPSA) is 89.0 Å². The van der Waals surface area contributed by atoms with Gasteiger partial charge in [0.25, 0.3) is 5.91 Å². The summed E-state index contributed by atoms with van der Waals surface area (Å²) >= 11 is 0. The van der Waals surface area contributed by atoms with Crippen molar-refractivity contribution in [3.63, 3.8) is 0 Å². The molecule has 0 fully saturated rings. The van der Waals surface area contributed by atoms with Crippen LogP contribution in [0.15, 0.2) is 71.9 Å². The molecule has 25 heavy (non-hydrogen) atoms. The van der Waals surface area contributed by atoms with Gasteiger partial charge in [-0.25, -0.2) is 18.4 Å². The summed E-state index contributed by atoms with van der Waals surface area (Å²) in [4.78, 5) is 20.8. The Bertz CT molecular complexity index is 984. The second-order valence-electron chi connectivity index (χ2n) is 5.41. The van der Waals surface area contributed by atoms with Gasteiger partial charge < -0.3 is 5.32 Å². The van der Waals surface area contributed by atoms with Gasteiger partial charge in [-0.15, -0.1) is 0 Å². The molecule has 0 saturated carbocycles. The van der Waals surface area contributed by atoms with Crippen LogP contribution >= 0.6 is 0 Å². The number of carbonyl (C=O) groups is 1. The van der Waals surface area contributed by atoms with Gasteiger partial charge in [0.05, 0.1) is 10.5 Å². The minimum absolute atomic E-state index is 0.195. The van der Waals surface area contributed by atoms with Crippen LogP contribution in [-0.4, -0.2) is 30.5 Å². The second kappa shape index (κ2) is 6.82. The smallest absolute Gasteiger partial charge is 0.258 e. The first-order valence-electron chi connectivity index (χ1n) is 7.42. The van der Waals surface area contributed by atoms with Crippen molar-refractivity contribution in [1.82, 2.24) is 9.97 Å². The first-order valence-corrected chi connectivity index (χ1v) is 9.31. The van der Waals surface area contributed by atoms with Gasteiger partial charge in [-0.05, 0) is 24.3 Å². The average Bonchev–Trinajstić information content (AvgIpc) is 2.62. The lowest BCUT2D eigenvalue weighted by atomic mass is 10.2. The fourth-order valence-corrected chi connectivity index (χ4v) is 2.80. The van der Waals surface area contributed by atoms with Crippen molar-refractivity contribution in [1.29, 1.82) is 0 Å². The van der Waals surface area contributed by atoms with E-state index in [0.29, 0.717) is 17.1 Å². The lowest BCUT2D eigenvalue weighted by Crippen LogP contribution is -2.13. The molecule has 0 aliphatic carbocycles. The van der Waals surface area contributed by atoms with Crippen molar-refractivity contribution in [2.45, 2.75) is 4.90 Å². The molecule has 126 valence electrons. The third-order valence-corrected chi connectivity index (χ3v) is 4.61. The van der Waals surface area contributed by atoms with Crippen LogP contribution in [0.2, 0.25) is 0 Å². The van der Waals surface area contributed by atoms with Gasteiger partial charge in [-0.3, -0.25) is 4.79 Å². The van der Waals surface area contributed by atoms with E-state index < -0.39 is 9.84 Å². The molecule has 3 rings (SSSR count). The van der Waals surface area contributed by atoms with Gasteiger partial charge in [0.1, 0.15) is 0 Å². The molecule has 1 heterocycles. The number of hydrogen-bond acceptors (Lipinski definition) is 5. The minimum atomic E-state index is -3.26. The highest BCUT2D eigenvalue weighted by Gasteiger charge is 2.10. The highest BCUT2D eigenvalue weighted by Crippen LogP contribution is 2.16. The first-order chi connectivity index (χ1) is 11.9. The maximum Gasteiger partial charge on any atom is 0.258 e. The summed E-state index contributed by atoms with van der Waals surface area (Å²) in [6.07, 6.45) is 4.04. The maximum absolute atomic E-state index is 12.2. The van der Waals surface area contributed by atoms with Crippen molar-refractivity contribution in [2.24, 2.45) is 0 Å². The highest BCUT2D eigenvalue weighted by atomic mass is 32.2. The minimum Gasteiger partial charge on any atom is -0.322 e. The molecule has 3 aromatic rings. The third-order valence-electron chi connectivity index (χ3n) is 3.49. The summed E-state index contributed by atoms with van der Waals surface area (Å²) in [5, 5.41) is 2.68. The number of amides is 1. The van der Waals surface area contributed by atoms with Crippen LogP contribution in [0.5, 0.6) is 0 Å².